The maximum atomic E-state index is 11.3. The number of fused-ring (bicyclic) bond motifs is 1. The number of nitrogen functional groups attached to an aromatic ring is 1. The van der Waals surface area contributed by atoms with Crippen molar-refractivity contribution >= 4 is 11.3 Å². The number of hydrogen-bond acceptors (Lipinski definition) is 4. The molecule has 0 aromatic carbocycles. The molecule has 0 amide bonds. The molecule has 13 heavy (non-hydrogen) atoms. The quantitative estimate of drug-likeness (QED) is 0.473. The van der Waals surface area contributed by atoms with Crippen molar-refractivity contribution in [3.8, 4) is 0 Å². The fourth-order valence-electron chi connectivity index (χ4n) is 1.17. The molecular weight excluding hydrogens is 168 g/mol. The molecule has 3 N–H and O–H groups in total. The van der Waals surface area contributed by atoms with Crippen LogP contribution in [0.25, 0.3) is 5.65 Å². The van der Waals surface area contributed by atoms with E-state index in [1.54, 1.807) is 18.3 Å². The van der Waals surface area contributed by atoms with Crippen molar-refractivity contribution in [2.75, 3.05) is 5.43 Å². The molecule has 0 saturated heterocycles. The Balaban J connectivity index is 2.92. The Hall–Kier alpha value is -1.88. The molecule has 0 fully saturated rings. The average molecular weight is 176 g/mol. The molecule has 0 aliphatic heterocycles. The summed E-state index contributed by atoms with van der Waals surface area (Å²) in [4.78, 5) is 15.3. The van der Waals surface area contributed by atoms with Crippen molar-refractivity contribution in [2.24, 2.45) is 5.84 Å². The first-order valence-electron chi connectivity index (χ1n) is 3.76. The number of hydrazine groups is 1. The molecule has 0 atom stereocenters. The zero-order valence-corrected chi connectivity index (χ0v) is 6.77. The monoisotopic (exact) mass is 176 g/mol. The van der Waals surface area contributed by atoms with E-state index in [-0.39, 0.29) is 5.56 Å². The topological polar surface area (TPSA) is 72.4 Å². The van der Waals surface area contributed by atoms with Gasteiger partial charge in [-0.3, -0.25) is 15.0 Å². The molecule has 2 aromatic rings. The van der Waals surface area contributed by atoms with Gasteiger partial charge in [0.05, 0.1) is 5.69 Å². The fourth-order valence-corrected chi connectivity index (χ4v) is 1.17. The predicted molar refractivity (Wildman–Crippen MR) is 49.3 cm³/mol. The van der Waals surface area contributed by atoms with Gasteiger partial charge in [0.15, 0.2) is 5.65 Å². The first kappa shape index (κ1) is 7.75. The van der Waals surface area contributed by atoms with Crippen LogP contribution in [0, 0.1) is 0 Å². The van der Waals surface area contributed by atoms with Gasteiger partial charge in [0.2, 0.25) is 0 Å². The Kier molecular flexibility index (Phi) is 1.71. The van der Waals surface area contributed by atoms with E-state index in [1.807, 2.05) is 0 Å². The standard InChI is InChI=1S/C8H8N4O/c9-11-6-2-1-5-12-7(13)3-4-10-8(6)12/h1-5,11H,9H2. The smallest absolute Gasteiger partial charge is 0.257 e. The van der Waals surface area contributed by atoms with Crippen LogP contribution >= 0.6 is 0 Å². The molecule has 66 valence electrons. The highest BCUT2D eigenvalue weighted by Crippen LogP contribution is 2.09. The normalized spacial score (nSPS) is 10.2. The highest BCUT2D eigenvalue weighted by Gasteiger charge is 1.99. The van der Waals surface area contributed by atoms with Gasteiger partial charge in [-0.15, -0.1) is 0 Å². The largest absolute Gasteiger partial charge is 0.321 e. The van der Waals surface area contributed by atoms with E-state index in [9.17, 15) is 4.79 Å². The molecule has 0 aliphatic carbocycles. The van der Waals surface area contributed by atoms with Crippen molar-refractivity contribution in [1.82, 2.24) is 9.38 Å². The summed E-state index contributed by atoms with van der Waals surface area (Å²) >= 11 is 0. The van der Waals surface area contributed by atoms with Crippen molar-refractivity contribution in [3.63, 3.8) is 0 Å². The van der Waals surface area contributed by atoms with E-state index in [0.29, 0.717) is 11.3 Å². The molecule has 2 rings (SSSR count). The van der Waals surface area contributed by atoms with E-state index in [1.165, 1.54) is 16.7 Å². The van der Waals surface area contributed by atoms with Gasteiger partial charge in [0.25, 0.3) is 5.56 Å². The molecule has 5 nitrogen and oxygen atoms in total. The highest BCUT2D eigenvalue weighted by atomic mass is 16.1. The summed E-state index contributed by atoms with van der Waals surface area (Å²) in [6.07, 6.45) is 3.10. The summed E-state index contributed by atoms with van der Waals surface area (Å²) in [5.74, 6) is 5.26. The van der Waals surface area contributed by atoms with Crippen LogP contribution in [0.1, 0.15) is 0 Å². The molecule has 0 unspecified atom stereocenters. The summed E-state index contributed by atoms with van der Waals surface area (Å²) in [6.45, 7) is 0. The number of pyridine rings is 1. The SMILES string of the molecule is NNc1cccn2c(=O)ccnc12. The molecule has 0 spiro atoms. The van der Waals surface area contributed by atoms with Crippen LogP contribution < -0.4 is 16.8 Å². The van der Waals surface area contributed by atoms with Gasteiger partial charge in [-0.05, 0) is 12.1 Å². The second-order valence-corrected chi connectivity index (χ2v) is 2.54. The lowest BCUT2D eigenvalue weighted by Gasteiger charge is -2.03. The van der Waals surface area contributed by atoms with Crippen LogP contribution in [0.3, 0.4) is 0 Å². The first-order valence-corrected chi connectivity index (χ1v) is 3.76. The molecule has 2 aromatic heterocycles. The van der Waals surface area contributed by atoms with E-state index >= 15 is 0 Å². The van der Waals surface area contributed by atoms with Crippen LogP contribution in [0.4, 0.5) is 5.69 Å². The molecular formula is C8H8N4O. The number of hydrogen-bond donors (Lipinski definition) is 2. The van der Waals surface area contributed by atoms with E-state index in [0.717, 1.165) is 0 Å². The minimum Gasteiger partial charge on any atom is -0.321 e. The lowest BCUT2D eigenvalue weighted by atomic mass is 10.4. The maximum absolute atomic E-state index is 11.3. The van der Waals surface area contributed by atoms with Crippen molar-refractivity contribution in [3.05, 3.63) is 40.9 Å². The zero-order chi connectivity index (χ0) is 9.26. The van der Waals surface area contributed by atoms with Gasteiger partial charge in [-0.2, -0.15) is 0 Å². The zero-order valence-electron chi connectivity index (χ0n) is 6.77. The average Bonchev–Trinajstić information content (AvgIpc) is 2.18. The third kappa shape index (κ3) is 1.15. The number of rotatable bonds is 1. The number of nitrogens with zero attached hydrogens (tertiary/aromatic N) is 2. The molecule has 0 radical (unpaired) electrons. The van der Waals surface area contributed by atoms with Crippen LogP contribution in [-0.2, 0) is 0 Å². The van der Waals surface area contributed by atoms with Gasteiger partial charge in [-0.1, -0.05) is 0 Å². The van der Waals surface area contributed by atoms with E-state index in [4.69, 9.17) is 5.84 Å². The third-order valence-corrected chi connectivity index (χ3v) is 1.77. The minimum absolute atomic E-state index is 0.123. The van der Waals surface area contributed by atoms with E-state index < -0.39 is 0 Å². The van der Waals surface area contributed by atoms with Gasteiger partial charge in [-0.25, -0.2) is 4.98 Å². The lowest BCUT2D eigenvalue weighted by molar-refractivity contribution is 1.04. The Bertz CT molecular complexity index is 491. The first-order chi connectivity index (χ1) is 6.33. The summed E-state index contributed by atoms with van der Waals surface area (Å²) in [7, 11) is 0. The maximum Gasteiger partial charge on any atom is 0.257 e. The molecule has 0 saturated carbocycles. The minimum atomic E-state index is -0.123. The molecule has 5 heteroatoms. The Labute approximate surface area is 73.8 Å². The number of nitrogens with one attached hydrogen (secondary N) is 1. The fraction of sp³-hybridized carbons (Fsp3) is 0. The summed E-state index contributed by atoms with van der Waals surface area (Å²) in [5, 5.41) is 0. The third-order valence-electron chi connectivity index (χ3n) is 1.77. The highest BCUT2D eigenvalue weighted by molar-refractivity contribution is 5.65. The molecule has 2 heterocycles. The van der Waals surface area contributed by atoms with Crippen molar-refractivity contribution in [1.29, 1.82) is 0 Å². The summed E-state index contributed by atoms with van der Waals surface area (Å²) in [5.41, 5.74) is 3.50. The second kappa shape index (κ2) is 2.87. The van der Waals surface area contributed by atoms with Crippen LogP contribution in [0.15, 0.2) is 35.4 Å². The molecule has 0 aliphatic rings. The van der Waals surface area contributed by atoms with Crippen LogP contribution in [0.5, 0.6) is 0 Å². The number of aromatic nitrogens is 2. The Morgan fingerprint density at radius 1 is 1.46 bits per heavy atom. The Morgan fingerprint density at radius 3 is 3.08 bits per heavy atom. The van der Waals surface area contributed by atoms with Gasteiger partial charge in [0, 0.05) is 18.5 Å². The van der Waals surface area contributed by atoms with Gasteiger partial charge < -0.3 is 5.43 Å². The van der Waals surface area contributed by atoms with Crippen molar-refractivity contribution < 1.29 is 0 Å². The number of anilines is 1. The number of nitrogens with two attached hydrogens (primary N) is 1. The van der Waals surface area contributed by atoms with Gasteiger partial charge in [0.1, 0.15) is 0 Å². The van der Waals surface area contributed by atoms with E-state index in [2.05, 4.69) is 10.4 Å². The second-order valence-electron chi connectivity index (χ2n) is 2.54. The molecule has 0 bridgehead atoms. The van der Waals surface area contributed by atoms with Crippen LogP contribution in [-0.4, -0.2) is 9.38 Å². The summed E-state index contributed by atoms with van der Waals surface area (Å²) in [6, 6.07) is 4.88. The Morgan fingerprint density at radius 2 is 2.31 bits per heavy atom. The predicted octanol–water partition coefficient (Wildman–Crippen LogP) is -0.0199. The lowest BCUT2D eigenvalue weighted by Crippen LogP contribution is -2.16. The van der Waals surface area contributed by atoms with Gasteiger partial charge >= 0.3 is 0 Å². The summed E-state index contributed by atoms with van der Waals surface area (Å²) < 4.78 is 1.43. The van der Waals surface area contributed by atoms with Crippen LogP contribution in [0.2, 0.25) is 0 Å². The van der Waals surface area contributed by atoms with Crippen molar-refractivity contribution in [2.45, 2.75) is 0 Å².